The Bertz CT molecular complexity index is 1870. The predicted octanol–water partition coefficient (Wildman–Crippen LogP) is 8.31. The number of aromatic nitrogens is 4. The molecule has 2 aromatic heterocycles. The van der Waals surface area contributed by atoms with Gasteiger partial charge in [-0.3, -0.25) is 0 Å². The number of nitrogens with zero attached hydrogens (tertiary/aromatic N) is 4. The van der Waals surface area contributed by atoms with Crippen molar-refractivity contribution in [2.75, 3.05) is 39.2 Å². The summed E-state index contributed by atoms with van der Waals surface area (Å²) in [5.74, 6) is 4.37. The van der Waals surface area contributed by atoms with Crippen molar-refractivity contribution in [3.8, 4) is 34.6 Å². The Morgan fingerprint density at radius 1 is 0.711 bits per heavy atom. The van der Waals surface area contributed by atoms with Crippen LogP contribution in [-0.2, 0) is 6.42 Å². The van der Waals surface area contributed by atoms with Gasteiger partial charge < -0.3 is 23.7 Å². The molecule has 12 heteroatoms. The molecule has 0 aliphatic heterocycles. The van der Waals surface area contributed by atoms with E-state index in [4.69, 9.17) is 58.5 Å². The Labute approximate surface area is 276 Å². The van der Waals surface area contributed by atoms with Crippen LogP contribution in [0.5, 0.6) is 34.6 Å². The Balaban J connectivity index is 0.000000201. The fourth-order valence-electron chi connectivity index (χ4n) is 4.88. The third-order valence-electron chi connectivity index (χ3n) is 7.22. The fourth-order valence-corrected chi connectivity index (χ4v) is 5.23. The van der Waals surface area contributed by atoms with E-state index in [0.29, 0.717) is 70.0 Å². The van der Waals surface area contributed by atoms with Gasteiger partial charge in [-0.25, -0.2) is 19.9 Å². The molecule has 0 saturated heterocycles. The highest BCUT2D eigenvalue weighted by Crippen LogP contribution is 2.39. The molecule has 1 aliphatic carbocycles. The number of halogens is 3. The van der Waals surface area contributed by atoms with Gasteiger partial charge in [0.2, 0.25) is 5.88 Å². The maximum absolute atomic E-state index is 6.13. The van der Waals surface area contributed by atoms with Gasteiger partial charge in [-0.2, -0.15) is 0 Å². The molecule has 0 fully saturated rings. The van der Waals surface area contributed by atoms with Crippen molar-refractivity contribution in [2.24, 2.45) is 0 Å². The zero-order valence-corrected chi connectivity index (χ0v) is 27.5. The van der Waals surface area contributed by atoms with Crippen LogP contribution >= 0.6 is 34.8 Å². The van der Waals surface area contributed by atoms with E-state index in [2.05, 4.69) is 45.9 Å². The molecule has 9 nitrogen and oxygen atoms in total. The standard InChI is InChI=1S/C22H21ClN2O3.C11H10Cl2N2O2/c1-13-8-15-4-5-16(9-17(15)14(13)2)28-22-18-10-20(26-3)21(27-7-6-23)11-19(18)24-12-25-22;1-16-9-4-7-8(14-6-15-11(7)13)5-10(9)17-3-2-12/h4-5,9-12H,6-8H2,1-3H3;4-6H,2-3H2,1H3. The molecule has 0 bridgehead atoms. The second-order valence-electron chi connectivity index (χ2n) is 9.96. The number of allylic oxidation sites excluding steroid dienone is 2. The van der Waals surface area contributed by atoms with Crippen molar-refractivity contribution in [1.82, 2.24) is 19.9 Å². The monoisotopic (exact) mass is 668 g/mol. The van der Waals surface area contributed by atoms with E-state index in [1.54, 1.807) is 26.4 Å². The van der Waals surface area contributed by atoms with Gasteiger partial charge >= 0.3 is 0 Å². The van der Waals surface area contributed by atoms with Crippen molar-refractivity contribution >= 4 is 62.2 Å². The summed E-state index contributed by atoms with van der Waals surface area (Å²) in [6, 6.07) is 13.3. The van der Waals surface area contributed by atoms with Gasteiger partial charge in [-0.15, -0.1) is 23.2 Å². The first kappa shape index (κ1) is 32.3. The Hall–Kier alpha value is -4.05. The van der Waals surface area contributed by atoms with E-state index >= 15 is 0 Å². The normalized spacial score (nSPS) is 12.1. The van der Waals surface area contributed by atoms with Crippen LogP contribution in [0.2, 0.25) is 5.15 Å². The number of fused-ring (bicyclic) bond motifs is 3. The number of alkyl halides is 2. The van der Waals surface area contributed by atoms with Crippen molar-refractivity contribution in [3.05, 3.63) is 77.0 Å². The van der Waals surface area contributed by atoms with Crippen molar-refractivity contribution in [2.45, 2.75) is 20.3 Å². The lowest BCUT2D eigenvalue weighted by Crippen LogP contribution is -2.01. The fraction of sp³-hybridized carbons (Fsp3) is 0.273. The van der Waals surface area contributed by atoms with Crippen molar-refractivity contribution in [3.63, 3.8) is 0 Å². The highest BCUT2D eigenvalue weighted by Gasteiger charge is 2.18. The molecule has 2 heterocycles. The summed E-state index contributed by atoms with van der Waals surface area (Å²) in [5.41, 5.74) is 6.70. The Morgan fingerprint density at radius 3 is 1.93 bits per heavy atom. The molecule has 0 amide bonds. The third kappa shape index (κ3) is 7.27. The van der Waals surface area contributed by atoms with E-state index < -0.39 is 0 Å². The van der Waals surface area contributed by atoms with E-state index in [0.717, 1.165) is 22.9 Å². The number of hydrogen-bond donors (Lipinski definition) is 0. The summed E-state index contributed by atoms with van der Waals surface area (Å²) in [4.78, 5) is 16.7. The van der Waals surface area contributed by atoms with Crippen LogP contribution in [0.25, 0.3) is 27.4 Å². The lowest BCUT2D eigenvalue weighted by Gasteiger charge is -2.13. The van der Waals surface area contributed by atoms with E-state index in [-0.39, 0.29) is 0 Å². The molecule has 6 rings (SSSR count). The molecular weight excluding hydrogens is 639 g/mol. The summed E-state index contributed by atoms with van der Waals surface area (Å²) < 4.78 is 27.9. The zero-order chi connectivity index (χ0) is 31.9. The minimum absolute atomic E-state index is 0.386. The average molecular weight is 670 g/mol. The van der Waals surface area contributed by atoms with Crippen LogP contribution in [0.3, 0.4) is 0 Å². The van der Waals surface area contributed by atoms with E-state index in [1.165, 1.54) is 34.9 Å². The molecule has 0 atom stereocenters. The van der Waals surface area contributed by atoms with E-state index in [1.807, 2.05) is 18.2 Å². The molecular formula is C33H31Cl3N4O5. The molecule has 45 heavy (non-hydrogen) atoms. The molecule has 0 N–H and O–H groups in total. The first-order valence-electron chi connectivity index (χ1n) is 14.0. The molecule has 0 unspecified atom stereocenters. The molecule has 0 saturated carbocycles. The minimum Gasteiger partial charge on any atom is -0.493 e. The predicted molar refractivity (Wildman–Crippen MR) is 178 cm³/mol. The van der Waals surface area contributed by atoms with Crippen LogP contribution in [0.4, 0.5) is 0 Å². The zero-order valence-electron chi connectivity index (χ0n) is 25.2. The summed E-state index contributed by atoms with van der Waals surface area (Å²) >= 11 is 17.3. The number of rotatable bonds is 10. The summed E-state index contributed by atoms with van der Waals surface area (Å²) in [6.45, 7) is 5.11. The molecule has 3 aromatic carbocycles. The average Bonchev–Trinajstić information content (AvgIpc) is 3.34. The van der Waals surface area contributed by atoms with Gasteiger partial charge in [0, 0.05) is 17.5 Å². The van der Waals surface area contributed by atoms with Gasteiger partial charge in [0.15, 0.2) is 23.0 Å². The second-order valence-corrected chi connectivity index (χ2v) is 11.1. The lowest BCUT2D eigenvalue weighted by molar-refractivity contribution is 0.313. The van der Waals surface area contributed by atoms with Crippen LogP contribution < -0.4 is 23.7 Å². The maximum Gasteiger partial charge on any atom is 0.230 e. The van der Waals surface area contributed by atoms with Crippen LogP contribution in [-0.4, -0.2) is 59.1 Å². The highest BCUT2D eigenvalue weighted by atomic mass is 35.5. The third-order valence-corrected chi connectivity index (χ3v) is 7.83. The molecule has 0 radical (unpaired) electrons. The number of methoxy groups -OCH3 is 2. The highest BCUT2D eigenvalue weighted by molar-refractivity contribution is 6.34. The first-order chi connectivity index (χ1) is 21.9. The summed E-state index contributed by atoms with van der Waals surface area (Å²) in [6.07, 6.45) is 3.89. The van der Waals surface area contributed by atoms with Gasteiger partial charge in [0.1, 0.15) is 36.8 Å². The quantitative estimate of drug-likeness (QED) is 0.107. The van der Waals surface area contributed by atoms with Crippen LogP contribution in [0.1, 0.15) is 25.0 Å². The molecule has 0 spiro atoms. The van der Waals surface area contributed by atoms with Gasteiger partial charge in [0.05, 0.1) is 42.4 Å². The second kappa shape index (κ2) is 14.8. The van der Waals surface area contributed by atoms with Gasteiger partial charge in [-0.1, -0.05) is 23.2 Å². The van der Waals surface area contributed by atoms with E-state index in [9.17, 15) is 0 Å². The smallest absolute Gasteiger partial charge is 0.230 e. The number of benzene rings is 3. The van der Waals surface area contributed by atoms with Crippen molar-refractivity contribution < 1.29 is 23.7 Å². The summed E-state index contributed by atoms with van der Waals surface area (Å²) in [5, 5.41) is 1.86. The Kier molecular flexibility index (Phi) is 10.7. The van der Waals surface area contributed by atoms with Gasteiger partial charge in [-0.05, 0) is 61.2 Å². The first-order valence-corrected chi connectivity index (χ1v) is 15.5. The van der Waals surface area contributed by atoms with Gasteiger partial charge in [0.25, 0.3) is 0 Å². The summed E-state index contributed by atoms with van der Waals surface area (Å²) in [7, 11) is 3.16. The van der Waals surface area contributed by atoms with Crippen LogP contribution in [0.15, 0.2) is 60.7 Å². The van der Waals surface area contributed by atoms with Crippen molar-refractivity contribution in [1.29, 1.82) is 0 Å². The lowest BCUT2D eigenvalue weighted by atomic mass is 10.1. The maximum atomic E-state index is 6.13. The number of hydrogen-bond acceptors (Lipinski definition) is 9. The molecule has 1 aliphatic rings. The Morgan fingerprint density at radius 2 is 1.31 bits per heavy atom. The van der Waals surface area contributed by atoms with Crippen LogP contribution in [0, 0.1) is 0 Å². The molecule has 234 valence electrons. The molecule has 5 aromatic rings. The SMILES string of the molecule is COc1cc2c(Cl)ncnc2cc1OCCCl.COc1cc2c(Oc3ccc4c(c3)C(C)=C(C)C4)ncnc2cc1OCCCl. The topological polar surface area (TPSA) is 97.7 Å². The largest absolute Gasteiger partial charge is 0.493 e. The minimum atomic E-state index is 0.386. The number of ether oxygens (including phenoxy) is 5.